The summed E-state index contributed by atoms with van der Waals surface area (Å²) < 4.78 is 24.1. The van der Waals surface area contributed by atoms with Crippen LogP contribution in [0.1, 0.15) is 0 Å². The Kier molecular flexibility index (Phi) is 16.7. The van der Waals surface area contributed by atoms with Crippen molar-refractivity contribution < 1.29 is 8.83 Å². The zero-order valence-corrected chi connectivity index (χ0v) is 67.7. The number of rotatable bonds is 12. The van der Waals surface area contributed by atoms with Crippen LogP contribution in [0.2, 0.25) is 0 Å². The monoisotopic (exact) mass is 1610 g/mol. The fourth-order valence-electron chi connectivity index (χ4n) is 19.2. The molecule has 12 nitrogen and oxygen atoms in total. The molecule has 0 aliphatic rings. The second kappa shape index (κ2) is 29.3. The van der Waals surface area contributed by atoms with Gasteiger partial charge < -0.3 is 27.1 Å². The lowest BCUT2D eigenvalue weighted by atomic mass is 9.99. The minimum Gasteiger partial charge on any atom is -0.452 e. The molecular formula is C114H70N10O2. The smallest absolute Gasteiger partial charge is 0.166 e. The molecule has 8 aromatic heterocycles. The molecule has 0 aliphatic heterocycles. The van der Waals surface area contributed by atoms with Gasteiger partial charge >= 0.3 is 0 Å². The Morgan fingerprint density at radius 2 is 0.421 bits per heavy atom. The Balaban J connectivity index is 0.000000140. The van der Waals surface area contributed by atoms with Crippen LogP contribution in [0, 0.1) is 0 Å². The van der Waals surface area contributed by atoms with Gasteiger partial charge in [0, 0.05) is 115 Å². The summed E-state index contributed by atoms with van der Waals surface area (Å²) in [5.41, 5.74) is 25.9. The van der Waals surface area contributed by atoms with Crippen molar-refractivity contribution in [2.24, 2.45) is 0 Å². The van der Waals surface area contributed by atoms with Crippen LogP contribution in [0.25, 0.3) is 244 Å². The highest BCUT2D eigenvalue weighted by molar-refractivity contribution is 6.29. The van der Waals surface area contributed by atoms with E-state index in [2.05, 4.69) is 352 Å². The van der Waals surface area contributed by atoms with E-state index in [9.17, 15) is 0 Å². The molecule has 26 aromatic rings. The van der Waals surface area contributed by atoms with Gasteiger partial charge in [0.05, 0.1) is 55.5 Å². The number of benzene rings is 18. The lowest BCUT2D eigenvalue weighted by Gasteiger charge is -2.14. The van der Waals surface area contributed by atoms with Gasteiger partial charge in [-0.2, -0.15) is 0 Å². The van der Waals surface area contributed by atoms with Gasteiger partial charge in [-0.25, -0.2) is 29.9 Å². The molecule has 26 rings (SSSR count). The quantitative estimate of drug-likeness (QED) is 0.118. The summed E-state index contributed by atoms with van der Waals surface area (Å²) in [5.74, 6) is 3.64. The van der Waals surface area contributed by atoms with Crippen molar-refractivity contribution in [3.05, 3.63) is 425 Å². The number of nitrogens with zero attached hydrogens (tertiary/aromatic N) is 10. The van der Waals surface area contributed by atoms with E-state index in [-0.39, 0.29) is 0 Å². The predicted molar refractivity (Wildman–Crippen MR) is 515 cm³/mol. The lowest BCUT2D eigenvalue weighted by Crippen LogP contribution is -2.03. The predicted octanol–water partition coefficient (Wildman–Crippen LogP) is 29.3. The van der Waals surface area contributed by atoms with Crippen LogP contribution in [0.15, 0.2) is 433 Å². The van der Waals surface area contributed by atoms with Gasteiger partial charge in [-0.3, -0.25) is 0 Å². The number of aromatic nitrogens is 10. The largest absolute Gasteiger partial charge is 0.452 e. The van der Waals surface area contributed by atoms with Gasteiger partial charge in [-0.15, -0.1) is 0 Å². The van der Waals surface area contributed by atoms with Crippen molar-refractivity contribution in [2.45, 2.75) is 0 Å². The first-order valence-corrected chi connectivity index (χ1v) is 42.4. The van der Waals surface area contributed by atoms with Crippen molar-refractivity contribution in [3.63, 3.8) is 0 Å². The third kappa shape index (κ3) is 11.5. The average molecular weight is 1610 g/mol. The molecule has 12 heteroatoms. The maximum absolute atomic E-state index is 7.43. The molecule has 0 bridgehead atoms. The standard InChI is InChI=1S/C63H39N5O.C51H31N5O/c1-4-19-40(20-5-1)45-27-10-11-31-53(45)63-65-61(42-23-8-3-9-24-42)64-62(66-63)43-25-18-26-44(39-43)67-55-33-16-13-29-47(55)49-35-37-51-52-38-36-50-48-30-14-17-34-56(48)68(58(50)60(52)69-59(51)57(49)67)54-32-15-12-28-46(54)41-21-6-2-7-22-41;1-4-16-32(17-5-1)49-52-50(33-18-6-2-7-19-33)54-51(53-49)41-24-12-15-27-44(41)56-43-26-14-11-23-36(43)38-29-31-40-39-30-28-37-35-22-10-13-25-42(35)55(34-20-8-3-9-21-34)45(37)47(39)57-48(40)46(38)56/h1-39H;1-31H. The first-order chi connectivity index (χ1) is 62.5. The average Bonchev–Trinajstić information content (AvgIpc) is 1.54. The molecule has 0 saturated carbocycles. The van der Waals surface area contributed by atoms with Crippen LogP contribution in [0.3, 0.4) is 0 Å². The van der Waals surface area contributed by atoms with Crippen LogP contribution in [0.5, 0.6) is 0 Å². The van der Waals surface area contributed by atoms with Gasteiger partial charge in [-0.1, -0.05) is 334 Å². The highest BCUT2D eigenvalue weighted by atomic mass is 16.3. The number of para-hydroxylation sites is 7. The molecule has 0 saturated heterocycles. The zero-order chi connectivity index (χ0) is 82.9. The summed E-state index contributed by atoms with van der Waals surface area (Å²) in [6, 6.07) is 148. The molecule has 0 N–H and O–H groups in total. The lowest BCUT2D eigenvalue weighted by molar-refractivity contribution is 0.673. The van der Waals surface area contributed by atoms with E-state index >= 15 is 0 Å². The van der Waals surface area contributed by atoms with Gasteiger partial charge in [-0.05, 0) is 108 Å². The van der Waals surface area contributed by atoms with E-state index in [0.29, 0.717) is 34.9 Å². The van der Waals surface area contributed by atoms with Gasteiger partial charge in [0.1, 0.15) is 0 Å². The van der Waals surface area contributed by atoms with Gasteiger partial charge in [0.2, 0.25) is 0 Å². The normalized spacial score (nSPS) is 11.8. The second-order valence-electron chi connectivity index (χ2n) is 31.9. The molecule has 0 amide bonds. The molecule has 0 aliphatic carbocycles. The number of furan rings is 2. The van der Waals surface area contributed by atoms with Crippen LogP contribution < -0.4 is 0 Å². The van der Waals surface area contributed by atoms with Crippen molar-refractivity contribution in [3.8, 4) is 113 Å². The SMILES string of the molecule is c1ccc(-c2nc(-c3cccc(-n4c5ccccc5c5ccc6c7ccc8c9ccccc9n(-c9ccccc9-c9ccccc9)c8c7oc6c54)c3)nc(-c3ccccc3-c3ccccc3)n2)cc1.c1ccc(-c2nc(-c3ccccc3)nc(-c3ccccc3-n3c4ccccc4c4ccc5c6ccc7c8ccccc8n(-c8ccccc8)c7c6oc5c43)n2)cc1. The zero-order valence-electron chi connectivity index (χ0n) is 67.7. The summed E-state index contributed by atoms with van der Waals surface area (Å²) in [5, 5.41) is 13.4. The highest BCUT2D eigenvalue weighted by Gasteiger charge is 2.29. The molecule has 588 valence electrons. The summed E-state index contributed by atoms with van der Waals surface area (Å²) in [6.45, 7) is 0. The molecule has 18 aromatic carbocycles. The fourth-order valence-corrected chi connectivity index (χ4v) is 19.2. The fraction of sp³-hybridized carbons (Fsp3) is 0. The van der Waals surface area contributed by atoms with Gasteiger partial charge in [0.25, 0.3) is 0 Å². The first-order valence-electron chi connectivity index (χ1n) is 42.4. The van der Waals surface area contributed by atoms with E-state index in [1.807, 2.05) is 91.0 Å². The van der Waals surface area contributed by atoms with E-state index in [1.165, 1.54) is 10.8 Å². The van der Waals surface area contributed by atoms with Crippen LogP contribution in [-0.4, -0.2) is 48.2 Å². The molecule has 0 radical (unpaired) electrons. The summed E-state index contributed by atoms with van der Waals surface area (Å²) >= 11 is 0. The number of hydrogen-bond acceptors (Lipinski definition) is 8. The van der Waals surface area contributed by atoms with E-state index < -0.39 is 0 Å². The molecule has 8 heterocycles. The Labute approximate surface area is 721 Å². The topological polar surface area (TPSA) is 123 Å². The Hall–Kier alpha value is -17.2. The molecule has 0 fully saturated rings. The van der Waals surface area contributed by atoms with Crippen molar-refractivity contribution >= 4 is 131 Å². The van der Waals surface area contributed by atoms with Crippen molar-refractivity contribution in [2.75, 3.05) is 0 Å². The van der Waals surface area contributed by atoms with Crippen molar-refractivity contribution in [1.82, 2.24) is 48.2 Å². The third-order valence-corrected chi connectivity index (χ3v) is 24.8. The number of hydrogen-bond donors (Lipinski definition) is 0. The van der Waals surface area contributed by atoms with E-state index in [1.54, 1.807) is 0 Å². The van der Waals surface area contributed by atoms with Crippen LogP contribution in [0.4, 0.5) is 0 Å². The summed E-state index contributed by atoms with van der Waals surface area (Å²) in [6.07, 6.45) is 0. The number of fused-ring (bicyclic) bond motifs is 22. The maximum atomic E-state index is 7.43. The summed E-state index contributed by atoms with van der Waals surface area (Å²) in [7, 11) is 0. The van der Waals surface area contributed by atoms with Crippen molar-refractivity contribution in [1.29, 1.82) is 0 Å². The van der Waals surface area contributed by atoms with Gasteiger partial charge in [0.15, 0.2) is 57.3 Å². The first kappa shape index (κ1) is 71.7. The Morgan fingerprint density at radius 3 is 0.841 bits per heavy atom. The molecular weight excluding hydrogens is 1540 g/mol. The van der Waals surface area contributed by atoms with Crippen LogP contribution in [-0.2, 0) is 0 Å². The second-order valence-corrected chi connectivity index (χ2v) is 31.9. The molecule has 0 atom stereocenters. The minimum atomic E-state index is 0.587. The Morgan fingerprint density at radius 1 is 0.159 bits per heavy atom. The third-order valence-electron chi connectivity index (χ3n) is 24.8. The molecule has 0 unspecified atom stereocenters. The highest BCUT2D eigenvalue weighted by Crippen LogP contribution is 2.49. The molecule has 0 spiro atoms. The van der Waals surface area contributed by atoms with Crippen LogP contribution >= 0.6 is 0 Å². The minimum absolute atomic E-state index is 0.587. The maximum Gasteiger partial charge on any atom is 0.166 e. The molecule has 126 heavy (non-hydrogen) atoms. The summed E-state index contributed by atoms with van der Waals surface area (Å²) in [4.78, 5) is 30.9. The Bertz CT molecular complexity index is 8780. The van der Waals surface area contributed by atoms with E-state index in [0.717, 1.165) is 199 Å². The van der Waals surface area contributed by atoms with E-state index in [4.69, 9.17) is 38.7 Å².